The van der Waals surface area contributed by atoms with Gasteiger partial charge in [0, 0.05) is 6.21 Å². The summed E-state index contributed by atoms with van der Waals surface area (Å²) in [5.41, 5.74) is -0.107. The lowest BCUT2D eigenvalue weighted by Gasteiger charge is -2.05. The molecule has 0 fully saturated rings. The van der Waals surface area contributed by atoms with Crippen LogP contribution in [0.2, 0.25) is 0 Å². The number of allylic oxidation sites excluding steroid dienone is 1. The molecule has 7 nitrogen and oxygen atoms in total. The third-order valence-electron chi connectivity index (χ3n) is 4.14. The molecule has 1 aromatic carbocycles. The van der Waals surface area contributed by atoms with Crippen molar-refractivity contribution in [1.29, 1.82) is 0 Å². The number of aromatic nitrogens is 2. The fourth-order valence-corrected chi connectivity index (χ4v) is 3.71. The van der Waals surface area contributed by atoms with Gasteiger partial charge in [0.25, 0.3) is 5.56 Å². The van der Waals surface area contributed by atoms with Gasteiger partial charge in [0.2, 0.25) is 0 Å². The summed E-state index contributed by atoms with van der Waals surface area (Å²) in [6, 6.07) is 10.5. The van der Waals surface area contributed by atoms with Gasteiger partial charge < -0.3 is 4.74 Å². The van der Waals surface area contributed by atoms with Gasteiger partial charge in [-0.15, -0.1) is 11.3 Å². The Morgan fingerprint density at radius 2 is 2.07 bits per heavy atom. The van der Waals surface area contributed by atoms with Gasteiger partial charge in [-0.05, 0) is 17.7 Å². The third-order valence-corrected chi connectivity index (χ3v) is 5.17. The highest BCUT2D eigenvalue weighted by atomic mass is 32.1. The van der Waals surface area contributed by atoms with E-state index in [2.05, 4.69) is 9.98 Å². The Bertz CT molecular complexity index is 1160. The second-order valence-electron chi connectivity index (χ2n) is 6.01. The van der Waals surface area contributed by atoms with E-state index in [9.17, 15) is 14.4 Å². The molecule has 4 rings (SSSR count). The van der Waals surface area contributed by atoms with Crippen molar-refractivity contribution in [3.8, 4) is 0 Å². The van der Waals surface area contributed by atoms with Gasteiger partial charge in [-0.2, -0.15) is 0 Å². The molecule has 0 radical (unpaired) electrons. The highest BCUT2D eigenvalue weighted by Crippen LogP contribution is 2.21. The van der Waals surface area contributed by atoms with Crippen molar-refractivity contribution < 1.29 is 9.53 Å². The van der Waals surface area contributed by atoms with Crippen LogP contribution in [-0.2, 0) is 11.3 Å². The minimum absolute atomic E-state index is 0.134. The summed E-state index contributed by atoms with van der Waals surface area (Å²) in [5, 5.41) is 0.293. The smallest absolute Gasteiger partial charge is 0.348 e. The maximum atomic E-state index is 12.7. The number of aromatic amines is 1. The number of rotatable bonds is 5. The number of ether oxygens (including phenoxy) is 1. The molecule has 1 aliphatic rings. The Balaban J connectivity index is 1.62. The number of thiophene rings is 1. The molecule has 0 spiro atoms. The van der Waals surface area contributed by atoms with Gasteiger partial charge in [-0.3, -0.25) is 19.3 Å². The molecular weight excluding hydrogens is 366 g/mol. The average molecular weight is 381 g/mol. The quantitative estimate of drug-likeness (QED) is 0.684. The van der Waals surface area contributed by atoms with Gasteiger partial charge in [0.1, 0.15) is 22.4 Å². The summed E-state index contributed by atoms with van der Waals surface area (Å²) >= 11 is 1.03. The molecule has 1 aliphatic heterocycles. The van der Waals surface area contributed by atoms with Gasteiger partial charge >= 0.3 is 11.7 Å². The van der Waals surface area contributed by atoms with E-state index in [1.165, 1.54) is 6.07 Å². The lowest BCUT2D eigenvalue weighted by atomic mass is 10.2. The van der Waals surface area contributed by atoms with E-state index in [0.29, 0.717) is 10.2 Å². The number of fused-ring (bicyclic) bond motifs is 1. The van der Waals surface area contributed by atoms with Crippen LogP contribution in [0.5, 0.6) is 0 Å². The molecule has 1 atom stereocenters. The summed E-state index contributed by atoms with van der Waals surface area (Å²) in [5.74, 6) is -0.540. The molecule has 27 heavy (non-hydrogen) atoms. The molecule has 0 amide bonds. The first-order valence-corrected chi connectivity index (χ1v) is 9.11. The molecule has 1 unspecified atom stereocenters. The Hall–Kier alpha value is -3.26. The van der Waals surface area contributed by atoms with E-state index in [4.69, 9.17) is 4.74 Å². The first-order chi connectivity index (χ1) is 13.1. The Labute approximate surface area is 157 Å². The van der Waals surface area contributed by atoms with Gasteiger partial charge in [-0.25, -0.2) is 9.59 Å². The molecule has 8 heteroatoms. The van der Waals surface area contributed by atoms with Gasteiger partial charge in [-0.1, -0.05) is 36.4 Å². The number of aliphatic imine (C=N–C) groups is 1. The number of nitrogens with zero attached hydrogens (tertiary/aromatic N) is 2. The second kappa shape index (κ2) is 7.16. The summed E-state index contributed by atoms with van der Waals surface area (Å²) in [6.07, 6.45) is 5.27. The lowest BCUT2D eigenvalue weighted by Crippen LogP contribution is -2.34. The fraction of sp³-hybridized carbons (Fsp3) is 0.158. The largest absolute Gasteiger partial charge is 0.459 e. The van der Waals surface area contributed by atoms with E-state index in [1.807, 2.05) is 36.4 Å². The zero-order valence-corrected chi connectivity index (χ0v) is 14.9. The van der Waals surface area contributed by atoms with Crippen LogP contribution < -0.4 is 11.2 Å². The number of hydrogen-bond acceptors (Lipinski definition) is 6. The van der Waals surface area contributed by atoms with Crippen LogP contribution in [0.15, 0.2) is 63.1 Å². The first kappa shape index (κ1) is 17.2. The predicted octanol–water partition coefficient (Wildman–Crippen LogP) is 1.97. The van der Waals surface area contributed by atoms with Crippen molar-refractivity contribution in [2.24, 2.45) is 4.99 Å². The highest BCUT2D eigenvalue weighted by Gasteiger charge is 2.18. The predicted molar refractivity (Wildman–Crippen MR) is 104 cm³/mol. The zero-order chi connectivity index (χ0) is 18.8. The van der Waals surface area contributed by atoms with Crippen molar-refractivity contribution in [3.63, 3.8) is 0 Å². The normalized spacial score (nSPS) is 15.5. The third kappa shape index (κ3) is 3.52. The van der Waals surface area contributed by atoms with Crippen LogP contribution in [0, 0.1) is 0 Å². The van der Waals surface area contributed by atoms with Crippen molar-refractivity contribution in [3.05, 3.63) is 79.8 Å². The lowest BCUT2D eigenvalue weighted by molar-refractivity contribution is 0.0504. The Kier molecular flexibility index (Phi) is 4.55. The maximum absolute atomic E-state index is 12.7. The maximum Gasteiger partial charge on any atom is 0.348 e. The van der Waals surface area contributed by atoms with Crippen LogP contribution in [0.1, 0.15) is 15.2 Å². The molecule has 0 bridgehead atoms. The monoisotopic (exact) mass is 381 g/mol. The summed E-state index contributed by atoms with van der Waals surface area (Å²) < 4.78 is 6.37. The molecule has 1 N–H and O–H groups in total. The van der Waals surface area contributed by atoms with Crippen molar-refractivity contribution in [2.75, 3.05) is 6.61 Å². The standard InChI is InChI=1S/C19H15N3O4S/c23-17-14-9-15(18(24)26-11-13-7-4-8-20-13)27-16(14)21-19(25)22(17)10-12-5-2-1-3-6-12/h1-9,13H,10-11H2,(H,21,25). The Morgan fingerprint density at radius 1 is 1.26 bits per heavy atom. The van der Waals surface area contributed by atoms with E-state index in [-0.39, 0.29) is 24.1 Å². The molecule has 3 aromatic rings. The molecule has 0 saturated heterocycles. The summed E-state index contributed by atoms with van der Waals surface area (Å²) in [4.78, 5) is 44.7. The van der Waals surface area contributed by atoms with Crippen LogP contribution in [-0.4, -0.2) is 34.4 Å². The molecular formula is C19H15N3O4S. The fourth-order valence-electron chi connectivity index (χ4n) is 2.77. The number of esters is 1. The average Bonchev–Trinajstić information content (AvgIpc) is 3.34. The van der Waals surface area contributed by atoms with Crippen LogP contribution in [0.4, 0.5) is 0 Å². The first-order valence-electron chi connectivity index (χ1n) is 8.29. The topological polar surface area (TPSA) is 93.5 Å². The van der Waals surface area contributed by atoms with Crippen molar-refractivity contribution in [2.45, 2.75) is 12.6 Å². The summed E-state index contributed by atoms with van der Waals surface area (Å²) in [7, 11) is 0. The number of H-pyrrole nitrogens is 1. The number of benzene rings is 1. The molecule has 2 aromatic heterocycles. The SMILES string of the molecule is O=C(OCC1C=CC=N1)c1cc2c(=O)n(Cc3ccccc3)c(=O)[nH]c2s1. The van der Waals surface area contributed by atoms with Crippen LogP contribution in [0.3, 0.4) is 0 Å². The van der Waals surface area contributed by atoms with Crippen LogP contribution >= 0.6 is 11.3 Å². The molecule has 0 saturated carbocycles. The molecule has 136 valence electrons. The minimum Gasteiger partial charge on any atom is -0.459 e. The zero-order valence-electron chi connectivity index (χ0n) is 14.1. The summed E-state index contributed by atoms with van der Waals surface area (Å²) in [6.45, 7) is 0.293. The number of carbonyl (C=O) groups excluding carboxylic acids is 1. The van der Waals surface area contributed by atoms with Crippen LogP contribution in [0.25, 0.3) is 10.2 Å². The Morgan fingerprint density at radius 3 is 2.81 bits per heavy atom. The number of hydrogen-bond donors (Lipinski definition) is 1. The van der Waals surface area contributed by atoms with Gasteiger partial charge in [0.15, 0.2) is 0 Å². The van der Waals surface area contributed by atoms with Gasteiger partial charge in [0.05, 0.1) is 11.9 Å². The number of carbonyl (C=O) groups is 1. The molecule has 3 heterocycles. The van der Waals surface area contributed by atoms with E-state index < -0.39 is 17.2 Å². The van der Waals surface area contributed by atoms with Crippen molar-refractivity contribution in [1.82, 2.24) is 9.55 Å². The number of nitrogens with one attached hydrogen (secondary N) is 1. The molecule has 0 aliphatic carbocycles. The second-order valence-corrected chi connectivity index (χ2v) is 7.06. The highest BCUT2D eigenvalue weighted by molar-refractivity contribution is 7.20. The minimum atomic E-state index is -0.540. The van der Waals surface area contributed by atoms with Crippen molar-refractivity contribution >= 4 is 33.7 Å². The van der Waals surface area contributed by atoms with E-state index in [1.54, 1.807) is 12.3 Å². The van der Waals surface area contributed by atoms with E-state index >= 15 is 0 Å². The van der Waals surface area contributed by atoms with E-state index in [0.717, 1.165) is 21.5 Å².